The molecule has 8 heteroatoms. The number of nitrogens with zero attached hydrogens (tertiary/aromatic N) is 3. The van der Waals surface area contributed by atoms with Crippen molar-refractivity contribution in [1.82, 2.24) is 9.97 Å². The summed E-state index contributed by atoms with van der Waals surface area (Å²) >= 11 is 0. The average Bonchev–Trinajstić information content (AvgIpc) is 2.39. The predicted molar refractivity (Wildman–Crippen MR) is 63.1 cm³/mol. The zero-order chi connectivity index (χ0) is 13.8. The van der Waals surface area contributed by atoms with Crippen LogP contribution in [0.25, 0.3) is 0 Å². The Labute approximate surface area is 107 Å². The van der Waals surface area contributed by atoms with Gasteiger partial charge in [-0.1, -0.05) is 0 Å². The SMILES string of the molecule is NCc1cnc(Oc2cc(F)ccc2[N+](=O)[O-])nc1. The van der Waals surface area contributed by atoms with Crippen LogP contribution in [0.15, 0.2) is 30.6 Å². The minimum Gasteiger partial charge on any atom is -0.417 e. The van der Waals surface area contributed by atoms with E-state index in [4.69, 9.17) is 10.5 Å². The van der Waals surface area contributed by atoms with Crippen molar-refractivity contribution in [3.8, 4) is 11.8 Å². The van der Waals surface area contributed by atoms with Gasteiger partial charge in [0.05, 0.1) is 4.92 Å². The second-order valence-corrected chi connectivity index (χ2v) is 3.55. The molecule has 1 aromatic heterocycles. The summed E-state index contributed by atoms with van der Waals surface area (Å²) < 4.78 is 18.2. The number of rotatable bonds is 4. The van der Waals surface area contributed by atoms with E-state index in [0.717, 1.165) is 18.2 Å². The molecule has 19 heavy (non-hydrogen) atoms. The summed E-state index contributed by atoms with van der Waals surface area (Å²) in [6.07, 6.45) is 2.85. The summed E-state index contributed by atoms with van der Waals surface area (Å²) in [5, 5.41) is 10.8. The molecule has 0 aliphatic heterocycles. The number of halogens is 1. The van der Waals surface area contributed by atoms with Crippen molar-refractivity contribution in [3.05, 3.63) is 52.1 Å². The average molecular weight is 264 g/mol. The largest absolute Gasteiger partial charge is 0.417 e. The summed E-state index contributed by atoms with van der Waals surface area (Å²) in [4.78, 5) is 17.7. The van der Waals surface area contributed by atoms with Crippen LogP contribution in [0.2, 0.25) is 0 Å². The van der Waals surface area contributed by atoms with Gasteiger partial charge in [0.1, 0.15) is 5.82 Å². The van der Waals surface area contributed by atoms with Gasteiger partial charge in [-0.25, -0.2) is 14.4 Å². The van der Waals surface area contributed by atoms with Gasteiger partial charge in [0.25, 0.3) is 0 Å². The molecule has 2 N–H and O–H groups in total. The van der Waals surface area contributed by atoms with Crippen molar-refractivity contribution in [3.63, 3.8) is 0 Å². The maximum absolute atomic E-state index is 13.1. The molecule has 0 atom stereocenters. The molecule has 98 valence electrons. The Hall–Kier alpha value is -2.61. The first-order chi connectivity index (χ1) is 9.10. The van der Waals surface area contributed by atoms with Crippen LogP contribution < -0.4 is 10.5 Å². The number of nitro groups is 1. The zero-order valence-electron chi connectivity index (χ0n) is 9.62. The van der Waals surface area contributed by atoms with Crippen molar-refractivity contribution in [2.75, 3.05) is 0 Å². The van der Waals surface area contributed by atoms with E-state index in [-0.39, 0.29) is 24.0 Å². The highest BCUT2D eigenvalue weighted by molar-refractivity contribution is 5.47. The fourth-order valence-corrected chi connectivity index (χ4v) is 1.32. The summed E-state index contributed by atoms with van der Waals surface area (Å²) in [5.74, 6) is -0.912. The third kappa shape index (κ3) is 2.99. The van der Waals surface area contributed by atoms with E-state index in [1.54, 1.807) is 0 Å². The number of hydrogen-bond donors (Lipinski definition) is 1. The topological polar surface area (TPSA) is 104 Å². The number of ether oxygens (including phenoxy) is 1. The molecule has 0 aliphatic rings. The molecule has 7 nitrogen and oxygen atoms in total. The van der Waals surface area contributed by atoms with Gasteiger partial charge in [-0.15, -0.1) is 0 Å². The van der Waals surface area contributed by atoms with Crippen LogP contribution in [-0.2, 0) is 6.54 Å². The molecule has 1 aromatic carbocycles. The van der Waals surface area contributed by atoms with Gasteiger partial charge in [0.2, 0.25) is 5.75 Å². The Morgan fingerprint density at radius 1 is 1.37 bits per heavy atom. The zero-order valence-corrected chi connectivity index (χ0v) is 9.62. The lowest BCUT2D eigenvalue weighted by atomic mass is 10.3. The van der Waals surface area contributed by atoms with E-state index < -0.39 is 10.7 Å². The summed E-state index contributed by atoms with van der Waals surface area (Å²) in [7, 11) is 0. The summed E-state index contributed by atoms with van der Waals surface area (Å²) in [5.41, 5.74) is 5.69. The van der Waals surface area contributed by atoms with E-state index in [0.29, 0.717) is 5.56 Å². The number of hydrogen-bond acceptors (Lipinski definition) is 6. The molecule has 0 bridgehead atoms. The van der Waals surface area contributed by atoms with Crippen molar-refractivity contribution in [1.29, 1.82) is 0 Å². The van der Waals surface area contributed by atoms with Crippen LogP contribution in [0.3, 0.4) is 0 Å². The Bertz CT molecular complexity index is 603. The Kier molecular flexibility index (Phi) is 3.62. The minimum absolute atomic E-state index is 0.120. The number of nitrogens with two attached hydrogens (primary N) is 1. The maximum Gasteiger partial charge on any atom is 0.322 e. The van der Waals surface area contributed by atoms with Gasteiger partial charge in [-0.05, 0) is 6.07 Å². The van der Waals surface area contributed by atoms with Gasteiger partial charge >= 0.3 is 11.7 Å². The van der Waals surface area contributed by atoms with Gasteiger partial charge in [-0.2, -0.15) is 0 Å². The third-order valence-electron chi connectivity index (χ3n) is 2.24. The maximum atomic E-state index is 13.1. The Morgan fingerprint density at radius 2 is 2.05 bits per heavy atom. The highest BCUT2D eigenvalue weighted by Gasteiger charge is 2.17. The monoisotopic (exact) mass is 264 g/mol. The number of aromatic nitrogens is 2. The summed E-state index contributed by atoms with van der Waals surface area (Å²) in [6.45, 7) is 0.264. The standard InChI is InChI=1S/C11H9FN4O3/c12-8-1-2-9(16(17)18)10(3-8)19-11-14-5-7(4-13)6-15-11/h1-3,5-6H,4,13H2. The fourth-order valence-electron chi connectivity index (χ4n) is 1.32. The van der Waals surface area contributed by atoms with Gasteiger partial charge in [0.15, 0.2) is 0 Å². The number of nitro benzene ring substituents is 1. The van der Waals surface area contributed by atoms with E-state index in [1.165, 1.54) is 12.4 Å². The summed E-state index contributed by atoms with van der Waals surface area (Å²) in [6, 6.07) is 2.77. The second kappa shape index (κ2) is 5.36. The van der Waals surface area contributed by atoms with E-state index in [2.05, 4.69) is 9.97 Å². The molecule has 0 amide bonds. The van der Waals surface area contributed by atoms with Crippen molar-refractivity contribution in [2.45, 2.75) is 6.54 Å². The second-order valence-electron chi connectivity index (χ2n) is 3.55. The lowest BCUT2D eigenvalue weighted by molar-refractivity contribution is -0.385. The molecule has 2 aromatic rings. The van der Waals surface area contributed by atoms with Gasteiger partial charge < -0.3 is 10.5 Å². The van der Waals surface area contributed by atoms with E-state index >= 15 is 0 Å². The molecule has 1 heterocycles. The van der Waals surface area contributed by atoms with Crippen LogP contribution in [0.5, 0.6) is 11.8 Å². The molecular weight excluding hydrogens is 255 g/mol. The molecule has 0 fully saturated rings. The van der Waals surface area contributed by atoms with Gasteiger partial charge in [-0.3, -0.25) is 10.1 Å². The predicted octanol–water partition coefficient (Wildman–Crippen LogP) is 1.77. The van der Waals surface area contributed by atoms with Crippen LogP contribution in [0, 0.1) is 15.9 Å². The molecule has 0 saturated heterocycles. The van der Waals surface area contributed by atoms with Crippen LogP contribution in [0.1, 0.15) is 5.56 Å². The number of benzene rings is 1. The molecule has 0 spiro atoms. The first-order valence-corrected chi connectivity index (χ1v) is 5.23. The highest BCUT2D eigenvalue weighted by atomic mass is 19.1. The van der Waals surface area contributed by atoms with E-state index in [1.807, 2.05) is 0 Å². The molecule has 0 unspecified atom stereocenters. The normalized spacial score (nSPS) is 10.2. The first-order valence-electron chi connectivity index (χ1n) is 5.23. The molecular formula is C11H9FN4O3. The third-order valence-corrected chi connectivity index (χ3v) is 2.24. The lowest BCUT2D eigenvalue weighted by Crippen LogP contribution is -2.00. The minimum atomic E-state index is -0.678. The van der Waals surface area contributed by atoms with Crippen LogP contribution in [0.4, 0.5) is 10.1 Å². The van der Waals surface area contributed by atoms with E-state index in [9.17, 15) is 14.5 Å². The van der Waals surface area contributed by atoms with Gasteiger partial charge in [0, 0.05) is 36.6 Å². The fraction of sp³-hybridized carbons (Fsp3) is 0.0909. The van der Waals surface area contributed by atoms with Crippen LogP contribution in [-0.4, -0.2) is 14.9 Å². The van der Waals surface area contributed by atoms with Crippen molar-refractivity contribution >= 4 is 5.69 Å². The molecule has 0 radical (unpaired) electrons. The quantitative estimate of drug-likeness (QED) is 0.666. The Morgan fingerprint density at radius 3 is 2.63 bits per heavy atom. The molecule has 0 saturated carbocycles. The molecule has 2 rings (SSSR count). The van der Waals surface area contributed by atoms with Crippen molar-refractivity contribution in [2.24, 2.45) is 5.73 Å². The van der Waals surface area contributed by atoms with Crippen molar-refractivity contribution < 1.29 is 14.1 Å². The lowest BCUT2D eigenvalue weighted by Gasteiger charge is -2.04. The smallest absolute Gasteiger partial charge is 0.322 e. The Balaban J connectivity index is 2.31. The highest BCUT2D eigenvalue weighted by Crippen LogP contribution is 2.30. The van der Waals surface area contributed by atoms with Crippen LogP contribution >= 0.6 is 0 Å². The molecule has 0 aliphatic carbocycles. The first kappa shape index (κ1) is 12.8.